The molecule has 174 valence electrons. The molecule has 0 aliphatic rings. The van der Waals surface area contributed by atoms with Crippen LogP contribution in [0.3, 0.4) is 0 Å². The highest BCUT2D eigenvalue weighted by Gasteiger charge is 2.19. The van der Waals surface area contributed by atoms with Gasteiger partial charge in [-0.1, -0.05) is 91.2 Å². The van der Waals surface area contributed by atoms with Gasteiger partial charge >= 0.3 is 0 Å². The standard InChI is InChI=1S/C30H42S2/c1-5-9-11-23(7-3)17-27-19-29(25-13-15-31-21-25)30(26-14-16-32-22-26)20-28(27)18-24(8-4)12-10-6-2/h13-16,19-24H,5-12,17-18H2,1-4H3. The van der Waals surface area contributed by atoms with Crippen LogP contribution in [0, 0.1) is 11.8 Å². The van der Waals surface area contributed by atoms with Gasteiger partial charge in [-0.3, -0.25) is 0 Å². The molecule has 0 bridgehead atoms. The fraction of sp³-hybridized carbons (Fsp3) is 0.533. The van der Waals surface area contributed by atoms with Crippen molar-refractivity contribution in [3.63, 3.8) is 0 Å². The quantitative estimate of drug-likeness (QED) is 0.221. The molecule has 0 spiro atoms. The van der Waals surface area contributed by atoms with Crippen LogP contribution in [0.25, 0.3) is 22.3 Å². The monoisotopic (exact) mass is 466 g/mol. The molecule has 2 heterocycles. The Labute approximate surface area is 205 Å². The Hall–Kier alpha value is -1.38. The van der Waals surface area contributed by atoms with Crippen LogP contribution in [0.4, 0.5) is 0 Å². The van der Waals surface area contributed by atoms with Gasteiger partial charge in [0.1, 0.15) is 0 Å². The SMILES string of the molecule is CCCCC(CC)Cc1cc(-c2ccsc2)c(-c2ccsc2)cc1CC(CC)CCCC. The van der Waals surface area contributed by atoms with Crippen molar-refractivity contribution in [3.05, 3.63) is 56.9 Å². The van der Waals surface area contributed by atoms with E-state index >= 15 is 0 Å². The average molecular weight is 467 g/mol. The van der Waals surface area contributed by atoms with E-state index in [9.17, 15) is 0 Å². The molecular weight excluding hydrogens is 424 g/mol. The van der Waals surface area contributed by atoms with Gasteiger partial charge in [0.05, 0.1) is 0 Å². The molecule has 0 amide bonds. The zero-order valence-corrected chi connectivity index (χ0v) is 22.3. The molecule has 0 aliphatic heterocycles. The van der Waals surface area contributed by atoms with Gasteiger partial charge in [0.25, 0.3) is 0 Å². The number of rotatable bonds is 14. The highest BCUT2D eigenvalue weighted by molar-refractivity contribution is 7.08. The van der Waals surface area contributed by atoms with Crippen molar-refractivity contribution in [3.8, 4) is 22.3 Å². The summed E-state index contributed by atoms with van der Waals surface area (Å²) >= 11 is 3.61. The van der Waals surface area contributed by atoms with E-state index in [-0.39, 0.29) is 0 Å². The van der Waals surface area contributed by atoms with Gasteiger partial charge in [-0.25, -0.2) is 0 Å². The van der Waals surface area contributed by atoms with E-state index in [1.54, 1.807) is 33.8 Å². The van der Waals surface area contributed by atoms with Crippen LogP contribution in [-0.4, -0.2) is 0 Å². The van der Waals surface area contributed by atoms with Crippen molar-refractivity contribution < 1.29 is 0 Å². The average Bonchev–Trinajstić information content (AvgIpc) is 3.54. The minimum atomic E-state index is 0.798. The van der Waals surface area contributed by atoms with Gasteiger partial charge in [-0.2, -0.15) is 22.7 Å². The van der Waals surface area contributed by atoms with Crippen LogP contribution in [0.5, 0.6) is 0 Å². The first-order valence-corrected chi connectivity index (χ1v) is 14.8. The number of benzene rings is 1. The third kappa shape index (κ3) is 6.81. The summed E-state index contributed by atoms with van der Waals surface area (Å²) in [6.07, 6.45) is 13.1. The van der Waals surface area contributed by atoms with E-state index in [2.05, 4.69) is 73.5 Å². The van der Waals surface area contributed by atoms with Gasteiger partial charge in [0.15, 0.2) is 0 Å². The summed E-state index contributed by atoms with van der Waals surface area (Å²) in [6, 6.07) is 9.74. The molecule has 0 saturated heterocycles. The Morgan fingerprint density at radius 2 is 1.09 bits per heavy atom. The summed E-state index contributed by atoms with van der Waals surface area (Å²) in [7, 11) is 0. The smallest absolute Gasteiger partial charge is 0.00145 e. The zero-order valence-electron chi connectivity index (χ0n) is 20.7. The highest BCUT2D eigenvalue weighted by atomic mass is 32.1. The Balaban J connectivity index is 2.05. The number of thiophene rings is 2. The van der Waals surface area contributed by atoms with Gasteiger partial charge in [0, 0.05) is 0 Å². The molecule has 2 aromatic heterocycles. The van der Waals surface area contributed by atoms with E-state index in [0.717, 1.165) is 11.8 Å². The first kappa shape index (κ1) is 25.2. The molecule has 0 nitrogen and oxygen atoms in total. The Kier molecular flexibility index (Phi) is 10.5. The normalized spacial score (nSPS) is 13.4. The van der Waals surface area contributed by atoms with Crippen LogP contribution in [0.1, 0.15) is 90.2 Å². The molecule has 32 heavy (non-hydrogen) atoms. The van der Waals surface area contributed by atoms with Crippen molar-refractivity contribution in [2.75, 3.05) is 0 Å². The molecule has 0 N–H and O–H groups in total. The largest absolute Gasteiger partial charge is 0.152 e. The van der Waals surface area contributed by atoms with Gasteiger partial charge in [-0.05, 0) is 91.7 Å². The predicted molar refractivity (Wildman–Crippen MR) is 147 cm³/mol. The predicted octanol–water partition coefficient (Wildman–Crippen LogP) is 10.7. The second-order valence-electron chi connectivity index (χ2n) is 9.43. The molecule has 0 fully saturated rings. The molecular formula is C30H42S2. The van der Waals surface area contributed by atoms with Crippen LogP contribution < -0.4 is 0 Å². The van der Waals surface area contributed by atoms with E-state index in [1.807, 2.05) is 0 Å². The molecule has 3 aromatic rings. The first-order chi connectivity index (χ1) is 15.7. The third-order valence-electron chi connectivity index (χ3n) is 7.11. The van der Waals surface area contributed by atoms with E-state index < -0.39 is 0 Å². The van der Waals surface area contributed by atoms with Crippen molar-refractivity contribution in [1.82, 2.24) is 0 Å². The maximum absolute atomic E-state index is 2.57. The van der Waals surface area contributed by atoms with Crippen LogP contribution in [0.2, 0.25) is 0 Å². The number of unbranched alkanes of at least 4 members (excludes halogenated alkanes) is 2. The lowest BCUT2D eigenvalue weighted by Crippen LogP contribution is -2.10. The summed E-state index contributed by atoms with van der Waals surface area (Å²) in [4.78, 5) is 0. The zero-order chi connectivity index (χ0) is 22.8. The van der Waals surface area contributed by atoms with Crippen molar-refractivity contribution in [2.24, 2.45) is 11.8 Å². The fourth-order valence-electron chi connectivity index (χ4n) is 4.89. The van der Waals surface area contributed by atoms with E-state index in [1.165, 1.54) is 86.5 Å². The maximum Gasteiger partial charge on any atom is -0.00145 e. The van der Waals surface area contributed by atoms with Crippen molar-refractivity contribution in [1.29, 1.82) is 0 Å². The molecule has 2 unspecified atom stereocenters. The van der Waals surface area contributed by atoms with Crippen LogP contribution in [-0.2, 0) is 12.8 Å². The summed E-state index contributed by atoms with van der Waals surface area (Å²) in [5.41, 5.74) is 8.84. The minimum absolute atomic E-state index is 0.798. The molecule has 1 aromatic carbocycles. The summed E-state index contributed by atoms with van der Waals surface area (Å²) in [5, 5.41) is 9.07. The van der Waals surface area contributed by atoms with Gasteiger partial charge in [0.2, 0.25) is 0 Å². The van der Waals surface area contributed by atoms with E-state index in [0.29, 0.717) is 0 Å². The topological polar surface area (TPSA) is 0 Å². The Morgan fingerprint density at radius 1 is 0.656 bits per heavy atom. The lowest BCUT2D eigenvalue weighted by molar-refractivity contribution is 0.434. The maximum atomic E-state index is 2.57. The van der Waals surface area contributed by atoms with Crippen molar-refractivity contribution >= 4 is 22.7 Å². The Bertz CT molecular complexity index is 814. The Morgan fingerprint density at radius 3 is 1.41 bits per heavy atom. The van der Waals surface area contributed by atoms with E-state index in [4.69, 9.17) is 0 Å². The van der Waals surface area contributed by atoms with Gasteiger partial charge < -0.3 is 0 Å². The highest BCUT2D eigenvalue weighted by Crippen LogP contribution is 2.38. The number of hydrogen-bond acceptors (Lipinski definition) is 2. The summed E-state index contributed by atoms with van der Waals surface area (Å²) < 4.78 is 0. The summed E-state index contributed by atoms with van der Waals surface area (Å²) in [6.45, 7) is 9.41. The third-order valence-corrected chi connectivity index (χ3v) is 8.47. The molecule has 0 radical (unpaired) electrons. The second-order valence-corrected chi connectivity index (χ2v) is 11.0. The summed E-state index contributed by atoms with van der Waals surface area (Å²) in [5.74, 6) is 1.60. The van der Waals surface area contributed by atoms with Gasteiger partial charge in [-0.15, -0.1) is 0 Å². The molecule has 2 heteroatoms. The first-order valence-electron chi connectivity index (χ1n) is 12.9. The lowest BCUT2D eigenvalue weighted by atomic mass is 9.82. The minimum Gasteiger partial charge on any atom is -0.152 e. The molecule has 3 rings (SSSR count). The fourth-order valence-corrected chi connectivity index (χ4v) is 6.20. The second kappa shape index (κ2) is 13.4. The van der Waals surface area contributed by atoms with Crippen molar-refractivity contribution in [2.45, 2.75) is 91.9 Å². The molecule has 0 aliphatic carbocycles. The molecule has 0 saturated carbocycles. The van der Waals surface area contributed by atoms with Crippen LogP contribution >= 0.6 is 22.7 Å². The van der Waals surface area contributed by atoms with Crippen LogP contribution in [0.15, 0.2) is 45.8 Å². The lowest BCUT2D eigenvalue weighted by Gasteiger charge is -2.23. The molecule has 2 atom stereocenters. The number of hydrogen-bond donors (Lipinski definition) is 0.